The number of aromatic nitrogens is 3. The molecule has 2 aromatic heterocycles. The van der Waals surface area contributed by atoms with E-state index in [-0.39, 0.29) is 0 Å². The van der Waals surface area contributed by atoms with Gasteiger partial charge in [0, 0.05) is 16.3 Å². The van der Waals surface area contributed by atoms with E-state index in [1.807, 2.05) is 23.6 Å². The molecule has 0 spiro atoms. The lowest BCUT2D eigenvalue weighted by molar-refractivity contribution is 0.411. The van der Waals surface area contributed by atoms with Gasteiger partial charge in [0.15, 0.2) is 0 Å². The molecule has 0 saturated carbocycles. The summed E-state index contributed by atoms with van der Waals surface area (Å²) in [5.41, 5.74) is 3.67. The SMILES string of the molecule is Cc1nn(Cc2ccccc2Cl)c(C)c1/C=N\Nc1c(F)c(F)nc(F)c1F. The highest BCUT2D eigenvalue weighted by atomic mass is 35.5. The van der Waals surface area contributed by atoms with Gasteiger partial charge in [-0.25, -0.2) is 0 Å². The van der Waals surface area contributed by atoms with Crippen LogP contribution < -0.4 is 5.43 Å². The summed E-state index contributed by atoms with van der Waals surface area (Å²) in [6.07, 6.45) is 1.26. The maximum Gasteiger partial charge on any atom is 0.254 e. The van der Waals surface area contributed by atoms with Gasteiger partial charge < -0.3 is 0 Å². The molecule has 3 rings (SSSR count). The number of pyridine rings is 1. The molecule has 0 radical (unpaired) electrons. The molecule has 0 aliphatic heterocycles. The highest BCUT2D eigenvalue weighted by molar-refractivity contribution is 6.31. The van der Waals surface area contributed by atoms with Crippen LogP contribution in [-0.2, 0) is 6.54 Å². The monoisotopic (exact) mass is 411 g/mol. The number of nitrogens with zero attached hydrogens (tertiary/aromatic N) is 4. The van der Waals surface area contributed by atoms with Crippen LogP contribution in [0.5, 0.6) is 0 Å². The molecule has 5 nitrogen and oxygen atoms in total. The molecule has 0 saturated heterocycles. The van der Waals surface area contributed by atoms with Gasteiger partial charge in [0.25, 0.3) is 11.9 Å². The lowest BCUT2D eigenvalue weighted by Gasteiger charge is -2.07. The summed E-state index contributed by atoms with van der Waals surface area (Å²) in [5.74, 6) is -6.87. The van der Waals surface area contributed by atoms with E-state index in [9.17, 15) is 17.6 Å². The molecule has 0 atom stereocenters. The second kappa shape index (κ2) is 7.97. The van der Waals surface area contributed by atoms with Crippen molar-refractivity contribution in [3.8, 4) is 0 Å². The van der Waals surface area contributed by atoms with Gasteiger partial charge in [-0.3, -0.25) is 10.1 Å². The minimum absolute atomic E-state index is 0.414. The van der Waals surface area contributed by atoms with Crippen LogP contribution in [-0.4, -0.2) is 21.0 Å². The Balaban J connectivity index is 1.84. The number of nitrogens with one attached hydrogen (secondary N) is 1. The minimum Gasteiger partial charge on any atom is -0.272 e. The van der Waals surface area contributed by atoms with Crippen molar-refractivity contribution in [3.63, 3.8) is 0 Å². The van der Waals surface area contributed by atoms with Crippen molar-refractivity contribution in [2.24, 2.45) is 5.10 Å². The van der Waals surface area contributed by atoms with Crippen molar-refractivity contribution in [2.75, 3.05) is 5.43 Å². The third kappa shape index (κ3) is 3.84. The van der Waals surface area contributed by atoms with Gasteiger partial charge in [-0.15, -0.1) is 0 Å². The molecule has 3 aromatic rings. The van der Waals surface area contributed by atoms with E-state index in [2.05, 4.69) is 15.2 Å². The van der Waals surface area contributed by atoms with Crippen LogP contribution in [0.25, 0.3) is 0 Å². The Kier molecular flexibility index (Phi) is 5.64. The number of benzene rings is 1. The average Bonchev–Trinajstić information content (AvgIpc) is 2.92. The van der Waals surface area contributed by atoms with Gasteiger partial charge in [-0.1, -0.05) is 29.8 Å². The molecular formula is C18H14ClF4N5. The summed E-state index contributed by atoms with van der Waals surface area (Å²) in [6.45, 7) is 3.92. The van der Waals surface area contributed by atoms with E-state index in [0.29, 0.717) is 22.8 Å². The topological polar surface area (TPSA) is 55.1 Å². The summed E-state index contributed by atoms with van der Waals surface area (Å²) in [6, 6.07) is 7.31. The quantitative estimate of drug-likeness (QED) is 0.289. The molecule has 0 bridgehead atoms. The van der Waals surface area contributed by atoms with E-state index in [1.165, 1.54) is 6.21 Å². The molecule has 0 fully saturated rings. The van der Waals surface area contributed by atoms with Crippen LogP contribution in [0.2, 0.25) is 5.02 Å². The highest BCUT2D eigenvalue weighted by Crippen LogP contribution is 2.22. The van der Waals surface area contributed by atoms with Gasteiger partial charge in [-0.05, 0) is 25.5 Å². The van der Waals surface area contributed by atoms with Crippen molar-refractivity contribution in [1.29, 1.82) is 0 Å². The molecule has 0 aliphatic rings. The van der Waals surface area contributed by atoms with Gasteiger partial charge in [-0.2, -0.15) is 32.7 Å². The Bertz CT molecular complexity index is 1040. The van der Waals surface area contributed by atoms with Crippen molar-refractivity contribution < 1.29 is 17.6 Å². The Morgan fingerprint density at radius 3 is 2.39 bits per heavy atom. The standard InChI is InChI=1S/C18H14ClF4N5/c1-9-12(7-24-26-16-14(20)17(22)25-18(23)15(16)21)10(2)28(27-9)8-11-5-3-4-6-13(11)19/h3-7H,8H2,1-2H3,(H,25,26)/b24-7-. The third-order valence-corrected chi connectivity index (χ3v) is 4.45. The fraction of sp³-hybridized carbons (Fsp3) is 0.167. The van der Waals surface area contributed by atoms with Crippen LogP contribution >= 0.6 is 11.6 Å². The first-order chi connectivity index (χ1) is 13.3. The van der Waals surface area contributed by atoms with Crippen molar-refractivity contribution in [1.82, 2.24) is 14.8 Å². The third-order valence-electron chi connectivity index (χ3n) is 4.08. The Morgan fingerprint density at radius 2 is 1.75 bits per heavy atom. The lowest BCUT2D eigenvalue weighted by Crippen LogP contribution is -2.06. The molecular weight excluding hydrogens is 398 g/mol. The first kappa shape index (κ1) is 19.8. The number of aryl methyl sites for hydroxylation is 1. The summed E-state index contributed by atoms with van der Waals surface area (Å²) in [4.78, 5) is 2.48. The number of hydrogen-bond donors (Lipinski definition) is 1. The maximum absolute atomic E-state index is 13.6. The van der Waals surface area contributed by atoms with Crippen LogP contribution in [0.15, 0.2) is 29.4 Å². The van der Waals surface area contributed by atoms with Gasteiger partial charge in [0.05, 0.1) is 18.5 Å². The Hall–Kier alpha value is -2.94. The zero-order chi connectivity index (χ0) is 20.4. The van der Waals surface area contributed by atoms with E-state index in [4.69, 9.17) is 11.6 Å². The first-order valence-corrected chi connectivity index (χ1v) is 8.43. The van der Waals surface area contributed by atoms with E-state index < -0.39 is 29.2 Å². The molecule has 0 unspecified atom stereocenters. The number of hydrogen-bond acceptors (Lipinski definition) is 4. The molecule has 146 valence electrons. The fourth-order valence-corrected chi connectivity index (χ4v) is 2.78. The molecule has 0 amide bonds. The van der Waals surface area contributed by atoms with Gasteiger partial charge in [0.1, 0.15) is 5.69 Å². The smallest absolute Gasteiger partial charge is 0.254 e. The number of rotatable bonds is 5. The van der Waals surface area contributed by atoms with Crippen LogP contribution in [0.3, 0.4) is 0 Å². The van der Waals surface area contributed by atoms with Crippen LogP contribution in [0.4, 0.5) is 23.2 Å². The predicted octanol–water partition coefficient (Wildman–Crippen LogP) is 4.60. The molecule has 1 aromatic carbocycles. The van der Waals surface area contributed by atoms with Crippen molar-refractivity contribution >= 4 is 23.5 Å². The van der Waals surface area contributed by atoms with Crippen molar-refractivity contribution in [2.45, 2.75) is 20.4 Å². The molecule has 10 heteroatoms. The average molecular weight is 412 g/mol. The van der Waals surface area contributed by atoms with E-state index >= 15 is 0 Å². The minimum atomic E-state index is -1.77. The molecule has 2 heterocycles. The molecule has 1 N–H and O–H groups in total. The second-order valence-corrected chi connectivity index (χ2v) is 6.31. The van der Waals surface area contributed by atoms with Gasteiger partial charge >= 0.3 is 0 Å². The lowest BCUT2D eigenvalue weighted by atomic mass is 10.2. The summed E-state index contributed by atoms with van der Waals surface area (Å²) in [5, 5.41) is 8.67. The number of halogens is 5. The normalized spacial score (nSPS) is 11.4. The van der Waals surface area contributed by atoms with E-state index in [0.717, 1.165) is 11.3 Å². The Labute approximate surface area is 162 Å². The zero-order valence-corrected chi connectivity index (χ0v) is 15.5. The largest absolute Gasteiger partial charge is 0.272 e. The predicted molar refractivity (Wildman–Crippen MR) is 97.5 cm³/mol. The molecule has 28 heavy (non-hydrogen) atoms. The number of hydrazone groups is 1. The molecule has 0 aliphatic carbocycles. The summed E-state index contributed by atoms with van der Waals surface area (Å²) < 4.78 is 55.2. The van der Waals surface area contributed by atoms with Crippen LogP contribution in [0, 0.1) is 37.4 Å². The van der Waals surface area contributed by atoms with Gasteiger partial charge in [0.2, 0.25) is 11.6 Å². The van der Waals surface area contributed by atoms with E-state index in [1.54, 1.807) is 24.6 Å². The second-order valence-electron chi connectivity index (χ2n) is 5.90. The van der Waals surface area contributed by atoms with Crippen molar-refractivity contribution in [3.05, 3.63) is 75.3 Å². The highest BCUT2D eigenvalue weighted by Gasteiger charge is 2.20. The summed E-state index contributed by atoms with van der Waals surface area (Å²) in [7, 11) is 0. The van der Waals surface area contributed by atoms with Crippen LogP contribution in [0.1, 0.15) is 22.5 Å². The first-order valence-electron chi connectivity index (χ1n) is 8.06. The fourth-order valence-electron chi connectivity index (χ4n) is 2.59. The Morgan fingerprint density at radius 1 is 1.11 bits per heavy atom. The summed E-state index contributed by atoms with van der Waals surface area (Å²) >= 11 is 6.16. The number of anilines is 1. The zero-order valence-electron chi connectivity index (χ0n) is 14.8. The maximum atomic E-state index is 13.6.